The molecule has 138 valence electrons. The topological polar surface area (TPSA) is 66.5 Å². The smallest absolute Gasteiger partial charge is 0.322 e. The van der Waals surface area contributed by atoms with Crippen molar-refractivity contribution in [3.63, 3.8) is 0 Å². The Morgan fingerprint density at radius 2 is 1.77 bits per heavy atom. The maximum Gasteiger partial charge on any atom is 0.416 e. The Bertz CT molecular complexity index is 925. The summed E-state index contributed by atoms with van der Waals surface area (Å²) >= 11 is 0. The second kappa shape index (κ2) is 6.64. The minimum atomic E-state index is -4.45. The first-order valence-corrected chi connectivity index (χ1v) is 9.37. The fraction of sp³-hybridized carbons (Fsp3) is 0.235. The summed E-state index contributed by atoms with van der Waals surface area (Å²) in [5.41, 5.74) is 0.00556. The summed E-state index contributed by atoms with van der Waals surface area (Å²) in [5, 5.41) is 2.50. The van der Waals surface area contributed by atoms with Crippen molar-refractivity contribution >= 4 is 27.3 Å². The van der Waals surface area contributed by atoms with E-state index in [1.54, 1.807) is 12.1 Å². The van der Waals surface area contributed by atoms with Crippen LogP contribution in [0.15, 0.2) is 48.5 Å². The lowest BCUT2D eigenvalue weighted by atomic mass is 10.1. The van der Waals surface area contributed by atoms with Crippen LogP contribution in [0.4, 0.5) is 24.5 Å². The van der Waals surface area contributed by atoms with Crippen LogP contribution in [0.2, 0.25) is 0 Å². The highest BCUT2D eigenvalue weighted by Gasteiger charge is 2.30. The number of nitrogens with zero attached hydrogens (tertiary/aromatic N) is 1. The van der Waals surface area contributed by atoms with Crippen LogP contribution in [-0.4, -0.2) is 26.6 Å². The first kappa shape index (κ1) is 18.2. The molecular formula is C17H15F3N2O3S. The lowest BCUT2D eigenvalue weighted by Crippen LogP contribution is -2.25. The van der Waals surface area contributed by atoms with Crippen molar-refractivity contribution < 1.29 is 26.4 Å². The quantitative estimate of drug-likeness (QED) is 0.881. The van der Waals surface area contributed by atoms with Crippen molar-refractivity contribution in [1.29, 1.82) is 0 Å². The van der Waals surface area contributed by atoms with Crippen LogP contribution in [0, 0.1) is 0 Å². The van der Waals surface area contributed by atoms with Crippen molar-refractivity contribution in [3.8, 4) is 0 Å². The van der Waals surface area contributed by atoms with Crippen LogP contribution in [0.1, 0.15) is 22.3 Å². The number of hydrogen-bond donors (Lipinski definition) is 1. The van der Waals surface area contributed by atoms with Crippen molar-refractivity contribution in [2.45, 2.75) is 12.6 Å². The largest absolute Gasteiger partial charge is 0.416 e. The molecule has 2 aromatic carbocycles. The van der Waals surface area contributed by atoms with E-state index >= 15 is 0 Å². The molecule has 1 N–H and O–H groups in total. The third-order valence-corrected chi connectivity index (χ3v) is 5.84. The van der Waals surface area contributed by atoms with Crippen LogP contribution in [0.25, 0.3) is 0 Å². The minimum Gasteiger partial charge on any atom is -0.322 e. The molecule has 1 aliphatic heterocycles. The fourth-order valence-electron chi connectivity index (χ4n) is 2.68. The predicted octanol–water partition coefficient (Wildman–Crippen LogP) is 3.50. The average molecular weight is 384 g/mol. The molecule has 0 unspecified atom stereocenters. The van der Waals surface area contributed by atoms with Gasteiger partial charge in [-0.1, -0.05) is 6.07 Å². The maximum absolute atomic E-state index is 12.6. The number of hydrogen-bond acceptors (Lipinski definition) is 3. The van der Waals surface area contributed by atoms with Gasteiger partial charge in [0.15, 0.2) is 0 Å². The molecule has 0 atom stereocenters. The fourth-order valence-corrected chi connectivity index (χ4v) is 4.23. The van der Waals surface area contributed by atoms with Crippen molar-refractivity contribution in [3.05, 3.63) is 59.7 Å². The third kappa shape index (κ3) is 3.82. The normalized spacial score (nSPS) is 16.5. The summed E-state index contributed by atoms with van der Waals surface area (Å²) in [7, 11) is -3.37. The number of halogens is 3. The highest BCUT2D eigenvalue weighted by molar-refractivity contribution is 7.93. The van der Waals surface area contributed by atoms with Crippen LogP contribution in [-0.2, 0) is 16.2 Å². The molecule has 0 bridgehead atoms. The van der Waals surface area contributed by atoms with Gasteiger partial charge in [-0.25, -0.2) is 8.42 Å². The van der Waals surface area contributed by atoms with E-state index in [1.165, 1.54) is 16.4 Å². The number of alkyl halides is 3. The number of nitrogens with one attached hydrogen (secondary N) is 1. The minimum absolute atomic E-state index is 0.0645. The molecule has 0 aromatic heterocycles. The van der Waals surface area contributed by atoms with Gasteiger partial charge >= 0.3 is 6.18 Å². The Kier molecular flexibility index (Phi) is 4.66. The third-order valence-electron chi connectivity index (χ3n) is 3.97. The van der Waals surface area contributed by atoms with E-state index in [-0.39, 0.29) is 17.0 Å². The zero-order chi connectivity index (χ0) is 18.9. The van der Waals surface area contributed by atoms with Crippen LogP contribution < -0.4 is 9.62 Å². The molecule has 26 heavy (non-hydrogen) atoms. The molecular weight excluding hydrogens is 369 g/mol. The van der Waals surface area contributed by atoms with Crippen molar-refractivity contribution in [1.82, 2.24) is 0 Å². The molecule has 2 aromatic rings. The highest BCUT2D eigenvalue weighted by Crippen LogP contribution is 2.30. The van der Waals surface area contributed by atoms with E-state index in [0.717, 1.165) is 24.3 Å². The zero-order valence-electron chi connectivity index (χ0n) is 13.5. The lowest BCUT2D eigenvalue weighted by molar-refractivity contribution is -0.137. The molecule has 5 nitrogen and oxygen atoms in total. The number of carbonyl (C=O) groups is 1. The number of sulfonamides is 1. The molecule has 0 aliphatic carbocycles. The maximum atomic E-state index is 12.6. The van der Waals surface area contributed by atoms with E-state index in [4.69, 9.17) is 0 Å². The number of amides is 1. The van der Waals surface area contributed by atoms with Gasteiger partial charge in [-0.3, -0.25) is 9.10 Å². The van der Waals surface area contributed by atoms with Gasteiger partial charge in [0.2, 0.25) is 10.0 Å². The Morgan fingerprint density at radius 1 is 1.08 bits per heavy atom. The summed E-state index contributed by atoms with van der Waals surface area (Å²) in [6, 6.07) is 10.2. The molecule has 1 saturated heterocycles. The average Bonchev–Trinajstić information content (AvgIpc) is 2.94. The van der Waals surface area contributed by atoms with E-state index in [0.29, 0.717) is 18.7 Å². The van der Waals surface area contributed by atoms with Gasteiger partial charge in [0, 0.05) is 17.8 Å². The Labute approximate surface area is 148 Å². The van der Waals surface area contributed by atoms with Gasteiger partial charge in [0.1, 0.15) is 0 Å². The molecule has 1 fully saturated rings. The van der Waals surface area contributed by atoms with Gasteiger partial charge in [-0.15, -0.1) is 0 Å². The van der Waals surface area contributed by atoms with E-state index < -0.39 is 27.7 Å². The Balaban J connectivity index is 1.77. The second-order valence-electron chi connectivity index (χ2n) is 5.82. The highest BCUT2D eigenvalue weighted by atomic mass is 32.2. The van der Waals surface area contributed by atoms with E-state index in [9.17, 15) is 26.4 Å². The summed E-state index contributed by atoms with van der Waals surface area (Å²) in [4.78, 5) is 12.3. The van der Waals surface area contributed by atoms with Gasteiger partial charge < -0.3 is 5.32 Å². The summed E-state index contributed by atoms with van der Waals surface area (Å²) in [5.74, 6) is -0.474. The molecule has 3 rings (SSSR count). The van der Waals surface area contributed by atoms with Crippen molar-refractivity contribution in [2.75, 3.05) is 21.9 Å². The summed E-state index contributed by atoms with van der Waals surface area (Å²) < 4.78 is 62.9. The number of carbonyl (C=O) groups excluding carboxylic acids is 1. The first-order valence-electron chi connectivity index (χ1n) is 7.76. The summed E-state index contributed by atoms with van der Waals surface area (Å²) in [6.07, 6.45) is -3.93. The van der Waals surface area contributed by atoms with Crippen LogP contribution in [0.5, 0.6) is 0 Å². The standard InChI is InChI=1S/C17H15F3N2O3S/c18-17(19,20)13-5-7-14(8-6-13)21-16(23)12-3-1-4-15(11-12)22-9-2-10-26(22,24)25/h1,3-8,11H,2,9-10H2,(H,21,23). The molecule has 0 radical (unpaired) electrons. The van der Waals surface area contributed by atoms with E-state index in [1.807, 2.05) is 0 Å². The van der Waals surface area contributed by atoms with Gasteiger partial charge in [-0.2, -0.15) is 13.2 Å². The molecule has 0 spiro atoms. The van der Waals surface area contributed by atoms with Gasteiger partial charge in [0.05, 0.1) is 17.0 Å². The van der Waals surface area contributed by atoms with Gasteiger partial charge in [-0.05, 0) is 48.9 Å². The summed E-state index contributed by atoms with van der Waals surface area (Å²) in [6.45, 7) is 0.353. The number of anilines is 2. The van der Waals surface area contributed by atoms with Crippen LogP contribution >= 0.6 is 0 Å². The van der Waals surface area contributed by atoms with Crippen LogP contribution in [0.3, 0.4) is 0 Å². The monoisotopic (exact) mass is 384 g/mol. The molecule has 0 saturated carbocycles. The number of rotatable bonds is 3. The van der Waals surface area contributed by atoms with E-state index in [2.05, 4.69) is 5.32 Å². The SMILES string of the molecule is O=C(Nc1ccc(C(F)(F)F)cc1)c1cccc(N2CCCS2(=O)=O)c1. The van der Waals surface area contributed by atoms with Crippen molar-refractivity contribution in [2.24, 2.45) is 0 Å². The zero-order valence-corrected chi connectivity index (χ0v) is 14.3. The lowest BCUT2D eigenvalue weighted by Gasteiger charge is -2.17. The number of benzene rings is 2. The predicted molar refractivity (Wildman–Crippen MR) is 91.6 cm³/mol. The Hall–Kier alpha value is -2.55. The Morgan fingerprint density at radius 3 is 2.35 bits per heavy atom. The molecule has 1 heterocycles. The first-order chi connectivity index (χ1) is 12.2. The van der Waals surface area contributed by atoms with Gasteiger partial charge in [0.25, 0.3) is 5.91 Å². The second-order valence-corrected chi connectivity index (χ2v) is 7.83. The molecule has 1 amide bonds. The molecule has 1 aliphatic rings. The molecule has 9 heteroatoms.